The van der Waals surface area contributed by atoms with E-state index in [0.29, 0.717) is 17.1 Å². The van der Waals surface area contributed by atoms with Crippen LogP contribution >= 0.6 is 0 Å². The van der Waals surface area contributed by atoms with Gasteiger partial charge in [-0.25, -0.2) is 9.50 Å². The van der Waals surface area contributed by atoms with E-state index in [1.54, 1.807) is 10.7 Å². The molecule has 2 aliphatic rings. The second-order valence-electron chi connectivity index (χ2n) is 8.09. The smallest absolute Gasteiger partial charge is 0.259 e. The van der Waals surface area contributed by atoms with Gasteiger partial charge >= 0.3 is 0 Å². The van der Waals surface area contributed by atoms with Gasteiger partial charge in [0.05, 0.1) is 6.20 Å². The van der Waals surface area contributed by atoms with E-state index in [1.807, 2.05) is 17.3 Å². The van der Waals surface area contributed by atoms with Crippen molar-refractivity contribution in [3.63, 3.8) is 0 Å². The number of nitrogens with zero attached hydrogens (tertiary/aromatic N) is 5. The summed E-state index contributed by atoms with van der Waals surface area (Å²) in [6, 6.07) is 0. The molecule has 0 radical (unpaired) electrons. The average molecular weight is 370 g/mol. The molecule has 0 bridgehead atoms. The monoisotopic (exact) mass is 369 g/mol. The minimum absolute atomic E-state index is 0.0954. The summed E-state index contributed by atoms with van der Waals surface area (Å²) in [5, 5.41) is 4.42. The van der Waals surface area contributed by atoms with Crippen molar-refractivity contribution < 1.29 is 4.79 Å². The number of rotatable bonds is 5. The van der Waals surface area contributed by atoms with Crippen LogP contribution in [0.3, 0.4) is 0 Å². The van der Waals surface area contributed by atoms with Crippen LogP contribution in [-0.2, 0) is 6.54 Å². The van der Waals surface area contributed by atoms with Gasteiger partial charge in [-0.05, 0) is 37.8 Å². The predicted octanol–water partition coefficient (Wildman–Crippen LogP) is 3.22. The Morgan fingerprint density at radius 3 is 2.70 bits per heavy atom. The zero-order chi connectivity index (χ0) is 18.8. The number of fused-ring (bicyclic) bond motifs is 2. The fourth-order valence-corrected chi connectivity index (χ4v) is 4.81. The molecule has 27 heavy (non-hydrogen) atoms. The van der Waals surface area contributed by atoms with Gasteiger partial charge in [0.25, 0.3) is 5.91 Å². The Hall–Kier alpha value is -1.95. The summed E-state index contributed by atoms with van der Waals surface area (Å²) in [6.45, 7) is 8.97. The van der Waals surface area contributed by atoms with Crippen LogP contribution in [0.4, 0.5) is 0 Å². The molecule has 0 N–H and O–H groups in total. The van der Waals surface area contributed by atoms with Crippen molar-refractivity contribution in [1.82, 2.24) is 24.4 Å². The van der Waals surface area contributed by atoms with Crippen LogP contribution in [0.2, 0.25) is 0 Å². The third-order valence-electron chi connectivity index (χ3n) is 6.52. The van der Waals surface area contributed by atoms with E-state index >= 15 is 0 Å². The van der Waals surface area contributed by atoms with E-state index in [4.69, 9.17) is 0 Å². The molecule has 0 spiro atoms. The Labute approximate surface area is 161 Å². The second kappa shape index (κ2) is 7.97. The maximum Gasteiger partial charge on any atom is 0.259 e. The van der Waals surface area contributed by atoms with Crippen LogP contribution in [0.5, 0.6) is 0 Å². The highest BCUT2D eigenvalue weighted by Gasteiger charge is 2.34. The van der Waals surface area contributed by atoms with E-state index in [9.17, 15) is 4.79 Å². The Morgan fingerprint density at radius 1 is 1.15 bits per heavy atom. The normalized spacial score (nSPS) is 23.0. The van der Waals surface area contributed by atoms with Crippen LogP contribution in [-0.4, -0.2) is 56.5 Å². The van der Waals surface area contributed by atoms with Crippen molar-refractivity contribution in [3.05, 3.63) is 29.7 Å². The number of carbonyl (C=O) groups excluding carboxylic acids is 1. The fraction of sp³-hybridized carbons (Fsp3) is 0.667. The summed E-state index contributed by atoms with van der Waals surface area (Å²) >= 11 is 0. The van der Waals surface area contributed by atoms with Crippen molar-refractivity contribution in [1.29, 1.82) is 0 Å². The third-order valence-corrected chi connectivity index (χ3v) is 6.52. The fourth-order valence-electron chi connectivity index (χ4n) is 4.81. The highest BCUT2D eigenvalue weighted by atomic mass is 16.2. The molecule has 3 heterocycles. The summed E-state index contributed by atoms with van der Waals surface area (Å²) in [5.41, 5.74) is 2.43. The lowest BCUT2D eigenvalue weighted by Crippen LogP contribution is -2.44. The molecule has 1 amide bonds. The standard InChI is InChI=1S/C21H31N5O/c1-3-24(4-2)13-16-11-22-20-19(12-23-26(20)14-16)21(27)25-10-9-17-7-5-6-8-18(17)15-25/h11-12,14,17-18H,3-10,13,15H2,1-2H3/t17-,18-/m0/s1. The van der Waals surface area contributed by atoms with Gasteiger partial charge in [0, 0.05) is 37.6 Å². The summed E-state index contributed by atoms with van der Waals surface area (Å²) in [4.78, 5) is 22.1. The first-order valence-electron chi connectivity index (χ1n) is 10.5. The lowest BCUT2D eigenvalue weighted by molar-refractivity contribution is 0.0522. The van der Waals surface area contributed by atoms with Gasteiger partial charge in [-0.2, -0.15) is 5.10 Å². The minimum atomic E-state index is 0.0954. The average Bonchev–Trinajstić information content (AvgIpc) is 3.14. The lowest BCUT2D eigenvalue weighted by atomic mass is 9.75. The summed E-state index contributed by atoms with van der Waals surface area (Å²) in [5.74, 6) is 1.61. The molecule has 2 atom stereocenters. The van der Waals surface area contributed by atoms with Gasteiger partial charge < -0.3 is 4.90 Å². The topological polar surface area (TPSA) is 53.7 Å². The largest absolute Gasteiger partial charge is 0.338 e. The molecule has 1 aliphatic heterocycles. The van der Waals surface area contributed by atoms with Crippen LogP contribution < -0.4 is 0 Å². The maximum absolute atomic E-state index is 13.1. The van der Waals surface area contributed by atoms with Crippen molar-refractivity contribution in [2.24, 2.45) is 11.8 Å². The highest BCUT2D eigenvalue weighted by Crippen LogP contribution is 2.36. The van der Waals surface area contributed by atoms with Gasteiger partial charge in [0.1, 0.15) is 5.56 Å². The number of amides is 1. The van der Waals surface area contributed by atoms with Crippen LogP contribution in [0.15, 0.2) is 18.6 Å². The molecule has 6 nitrogen and oxygen atoms in total. The molecule has 0 aromatic carbocycles. The van der Waals surface area contributed by atoms with Crippen molar-refractivity contribution in [2.75, 3.05) is 26.2 Å². The Bertz CT molecular complexity index is 797. The third kappa shape index (κ3) is 3.72. The molecule has 1 saturated carbocycles. The Kier molecular flexibility index (Phi) is 5.43. The first kappa shape index (κ1) is 18.4. The van der Waals surface area contributed by atoms with E-state index in [2.05, 4.69) is 28.8 Å². The molecule has 2 aromatic heterocycles. The molecule has 2 aromatic rings. The minimum Gasteiger partial charge on any atom is -0.338 e. The highest BCUT2D eigenvalue weighted by molar-refractivity contribution is 5.99. The molecule has 146 valence electrons. The molecule has 0 unspecified atom stereocenters. The molecule has 1 aliphatic carbocycles. The molecule has 4 rings (SSSR count). The first-order chi connectivity index (χ1) is 13.2. The molecule has 1 saturated heterocycles. The zero-order valence-electron chi connectivity index (χ0n) is 16.6. The van der Waals surface area contributed by atoms with E-state index in [-0.39, 0.29) is 5.91 Å². The van der Waals surface area contributed by atoms with Gasteiger partial charge in [-0.15, -0.1) is 0 Å². The van der Waals surface area contributed by atoms with Gasteiger partial charge in [-0.3, -0.25) is 9.69 Å². The Balaban J connectivity index is 1.50. The number of piperidine rings is 1. The predicted molar refractivity (Wildman–Crippen MR) is 106 cm³/mol. The number of aromatic nitrogens is 3. The number of hydrogen-bond donors (Lipinski definition) is 0. The van der Waals surface area contributed by atoms with E-state index in [0.717, 1.165) is 50.6 Å². The van der Waals surface area contributed by atoms with Crippen LogP contribution in [0.1, 0.15) is 61.9 Å². The lowest BCUT2D eigenvalue weighted by Gasteiger charge is -2.41. The number of likely N-dealkylation sites (tertiary alicyclic amines) is 1. The maximum atomic E-state index is 13.1. The number of carbonyl (C=O) groups is 1. The quantitative estimate of drug-likeness (QED) is 0.812. The molecular weight excluding hydrogens is 338 g/mol. The van der Waals surface area contributed by atoms with Gasteiger partial charge in [-0.1, -0.05) is 33.1 Å². The van der Waals surface area contributed by atoms with Crippen LogP contribution in [0.25, 0.3) is 5.65 Å². The zero-order valence-corrected chi connectivity index (χ0v) is 16.6. The molecule has 2 fully saturated rings. The molecular formula is C21H31N5O. The summed E-state index contributed by atoms with van der Waals surface area (Å²) in [6.07, 6.45) is 12.0. The summed E-state index contributed by atoms with van der Waals surface area (Å²) < 4.78 is 1.76. The molecule has 6 heteroatoms. The van der Waals surface area contributed by atoms with Crippen molar-refractivity contribution >= 4 is 11.6 Å². The van der Waals surface area contributed by atoms with E-state index in [1.165, 1.54) is 25.7 Å². The van der Waals surface area contributed by atoms with Crippen molar-refractivity contribution in [3.8, 4) is 0 Å². The SMILES string of the molecule is CCN(CC)Cc1cnc2c(C(=O)N3CC[C@@H]4CCCC[C@H]4C3)cnn2c1. The van der Waals surface area contributed by atoms with Crippen molar-refractivity contribution in [2.45, 2.75) is 52.5 Å². The van der Waals surface area contributed by atoms with Gasteiger partial charge in [0.2, 0.25) is 0 Å². The first-order valence-corrected chi connectivity index (χ1v) is 10.5. The summed E-state index contributed by atoms with van der Waals surface area (Å²) in [7, 11) is 0. The second-order valence-corrected chi connectivity index (χ2v) is 8.09. The van der Waals surface area contributed by atoms with E-state index < -0.39 is 0 Å². The van der Waals surface area contributed by atoms with Gasteiger partial charge in [0.15, 0.2) is 5.65 Å². The number of hydrogen-bond acceptors (Lipinski definition) is 4. The Morgan fingerprint density at radius 2 is 1.93 bits per heavy atom. The van der Waals surface area contributed by atoms with Crippen LogP contribution in [0, 0.1) is 11.8 Å².